The normalized spacial score (nSPS) is 28.4. The zero-order valence-corrected chi connectivity index (χ0v) is 13.7. The zero-order chi connectivity index (χ0) is 14.8. The molecule has 116 valence electrons. The van der Waals surface area contributed by atoms with Crippen LogP contribution in [0.2, 0.25) is 0 Å². The van der Waals surface area contributed by atoms with Crippen LogP contribution < -0.4 is 5.32 Å². The number of likely N-dealkylation sites (tertiary alicyclic amines) is 1. The van der Waals surface area contributed by atoms with Gasteiger partial charge >= 0.3 is 0 Å². The van der Waals surface area contributed by atoms with E-state index in [1.54, 1.807) is 0 Å². The summed E-state index contributed by atoms with van der Waals surface area (Å²) in [6, 6.07) is 1.17. The molecule has 2 aliphatic rings. The van der Waals surface area contributed by atoms with Gasteiger partial charge in [0, 0.05) is 30.6 Å². The second-order valence-corrected chi connectivity index (χ2v) is 7.85. The van der Waals surface area contributed by atoms with Crippen LogP contribution in [0.4, 0.5) is 0 Å². The first kappa shape index (κ1) is 15.8. The Morgan fingerprint density at radius 3 is 2.50 bits per heavy atom. The first-order valence-corrected chi connectivity index (χ1v) is 8.45. The van der Waals surface area contributed by atoms with Gasteiger partial charge in [0.25, 0.3) is 0 Å². The first-order valence-electron chi connectivity index (χ1n) is 8.45. The second kappa shape index (κ2) is 6.46. The van der Waals surface area contributed by atoms with Crippen molar-refractivity contribution < 1.29 is 4.79 Å². The van der Waals surface area contributed by atoms with Gasteiger partial charge in [-0.15, -0.1) is 0 Å². The highest BCUT2D eigenvalue weighted by atomic mass is 16.2. The summed E-state index contributed by atoms with van der Waals surface area (Å²) in [6.45, 7) is 10.6. The average molecular weight is 280 g/mol. The van der Waals surface area contributed by atoms with E-state index < -0.39 is 0 Å². The molecule has 0 spiro atoms. The van der Waals surface area contributed by atoms with Gasteiger partial charge in [0.15, 0.2) is 0 Å². The van der Waals surface area contributed by atoms with Gasteiger partial charge in [0.1, 0.15) is 0 Å². The van der Waals surface area contributed by atoms with Crippen LogP contribution in [-0.4, -0.2) is 36.0 Å². The molecule has 2 atom stereocenters. The van der Waals surface area contributed by atoms with E-state index in [1.807, 2.05) is 20.8 Å². The predicted molar refractivity (Wildman–Crippen MR) is 83.6 cm³/mol. The Hall–Kier alpha value is -0.570. The average Bonchev–Trinajstić information content (AvgIpc) is 3.19. The standard InChI is InChI=1S/C17H32N2O/c1-5-6-7-13-10-14(18-16(20)17(2,3)4)12-19(11-13)15-8-9-15/h13-15H,5-12H2,1-4H3,(H,18,20). The molecule has 1 amide bonds. The molecule has 1 saturated heterocycles. The molecule has 0 aromatic rings. The smallest absolute Gasteiger partial charge is 0.225 e. The SMILES string of the molecule is CCCCC1CC(NC(=O)C(C)(C)C)CN(C2CC2)C1. The topological polar surface area (TPSA) is 32.3 Å². The summed E-state index contributed by atoms with van der Waals surface area (Å²) in [5.74, 6) is 0.976. The van der Waals surface area contributed by atoms with Gasteiger partial charge in [-0.2, -0.15) is 0 Å². The van der Waals surface area contributed by atoms with Crippen molar-refractivity contribution in [2.45, 2.75) is 78.3 Å². The zero-order valence-electron chi connectivity index (χ0n) is 13.7. The molecule has 20 heavy (non-hydrogen) atoms. The summed E-state index contributed by atoms with van der Waals surface area (Å²) >= 11 is 0. The maximum absolute atomic E-state index is 12.2. The number of carbonyl (C=O) groups excluding carboxylic acids is 1. The number of carbonyl (C=O) groups is 1. The molecule has 1 aliphatic carbocycles. The molecule has 1 saturated carbocycles. The number of hydrogen-bond acceptors (Lipinski definition) is 2. The van der Waals surface area contributed by atoms with Crippen molar-refractivity contribution >= 4 is 5.91 Å². The Morgan fingerprint density at radius 1 is 1.25 bits per heavy atom. The molecule has 3 nitrogen and oxygen atoms in total. The van der Waals surface area contributed by atoms with Gasteiger partial charge in [0.2, 0.25) is 5.91 Å². The van der Waals surface area contributed by atoms with Crippen LogP contribution in [-0.2, 0) is 4.79 Å². The van der Waals surface area contributed by atoms with Crippen molar-refractivity contribution in [1.29, 1.82) is 0 Å². The number of rotatable bonds is 5. The lowest BCUT2D eigenvalue weighted by Crippen LogP contribution is -2.53. The van der Waals surface area contributed by atoms with Gasteiger partial charge in [-0.1, -0.05) is 40.5 Å². The minimum atomic E-state index is -0.277. The fourth-order valence-electron chi connectivity index (χ4n) is 3.19. The lowest BCUT2D eigenvalue weighted by molar-refractivity contribution is -0.129. The quantitative estimate of drug-likeness (QED) is 0.839. The van der Waals surface area contributed by atoms with Crippen LogP contribution in [0.5, 0.6) is 0 Å². The number of amides is 1. The Labute approximate surface area is 124 Å². The third-order valence-corrected chi connectivity index (χ3v) is 4.61. The molecule has 2 rings (SSSR count). The van der Waals surface area contributed by atoms with Gasteiger partial charge in [-0.05, 0) is 31.6 Å². The molecule has 0 radical (unpaired) electrons. The molecule has 2 fully saturated rings. The third-order valence-electron chi connectivity index (χ3n) is 4.61. The van der Waals surface area contributed by atoms with Crippen molar-refractivity contribution in [3.63, 3.8) is 0 Å². The predicted octanol–water partition coefficient (Wildman–Crippen LogP) is 3.19. The molecule has 0 bridgehead atoms. The van der Waals surface area contributed by atoms with E-state index in [4.69, 9.17) is 0 Å². The van der Waals surface area contributed by atoms with Gasteiger partial charge in [-0.25, -0.2) is 0 Å². The first-order chi connectivity index (χ1) is 9.40. The number of hydrogen-bond donors (Lipinski definition) is 1. The van der Waals surface area contributed by atoms with Crippen LogP contribution >= 0.6 is 0 Å². The van der Waals surface area contributed by atoms with Crippen LogP contribution in [0.3, 0.4) is 0 Å². The third kappa shape index (κ3) is 4.47. The molecule has 3 heteroatoms. The van der Waals surface area contributed by atoms with E-state index in [2.05, 4.69) is 17.1 Å². The van der Waals surface area contributed by atoms with Crippen molar-refractivity contribution in [2.24, 2.45) is 11.3 Å². The van der Waals surface area contributed by atoms with E-state index in [0.29, 0.717) is 6.04 Å². The summed E-state index contributed by atoms with van der Waals surface area (Å²) in [5.41, 5.74) is -0.277. The number of nitrogens with one attached hydrogen (secondary N) is 1. The molecule has 1 aliphatic heterocycles. The number of unbranched alkanes of at least 4 members (excludes halogenated alkanes) is 1. The van der Waals surface area contributed by atoms with Crippen LogP contribution in [0.15, 0.2) is 0 Å². The summed E-state index contributed by atoms with van der Waals surface area (Å²) in [5, 5.41) is 3.30. The van der Waals surface area contributed by atoms with E-state index in [1.165, 1.54) is 45.1 Å². The van der Waals surface area contributed by atoms with Crippen LogP contribution in [0.25, 0.3) is 0 Å². The Balaban J connectivity index is 1.91. The molecular formula is C17H32N2O. The second-order valence-electron chi connectivity index (χ2n) is 7.85. The molecule has 2 unspecified atom stereocenters. The molecule has 0 aromatic heterocycles. The van der Waals surface area contributed by atoms with Crippen molar-refractivity contribution in [1.82, 2.24) is 10.2 Å². The fourth-order valence-corrected chi connectivity index (χ4v) is 3.19. The lowest BCUT2D eigenvalue weighted by atomic mass is 9.88. The van der Waals surface area contributed by atoms with E-state index >= 15 is 0 Å². The minimum Gasteiger partial charge on any atom is -0.352 e. The lowest BCUT2D eigenvalue weighted by Gasteiger charge is -2.39. The summed E-state index contributed by atoms with van der Waals surface area (Å²) < 4.78 is 0. The molecule has 1 N–H and O–H groups in total. The van der Waals surface area contributed by atoms with Gasteiger partial charge in [0.05, 0.1) is 0 Å². The molecule has 0 aromatic carbocycles. The number of piperidine rings is 1. The highest BCUT2D eigenvalue weighted by Gasteiger charge is 2.37. The highest BCUT2D eigenvalue weighted by Crippen LogP contribution is 2.32. The van der Waals surface area contributed by atoms with E-state index in [9.17, 15) is 4.79 Å². The minimum absolute atomic E-state index is 0.203. The Morgan fingerprint density at radius 2 is 1.95 bits per heavy atom. The largest absolute Gasteiger partial charge is 0.352 e. The van der Waals surface area contributed by atoms with Gasteiger partial charge < -0.3 is 5.32 Å². The van der Waals surface area contributed by atoms with Crippen molar-refractivity contribution in [2.75, 3.05) is 13.1 Å². The maximum Gasteiger partial charge on any atom is 0.225 e. The van der Waals surface area contributed by atoms with E-state index in [0.717, 1.165) is 18.5 Å². The van der Waals surface area contributed by atoms with Crippen LogP contribution in [0.1, 0.15) is 66.2 Å². The van der Waals surface area contributed by atoms with Crippen LogP contribution in [0, 0.1) is 11.3 Å². The Bertz CT molecular complexity index is 330. The summed E-state index contributed by atoms with van der Waals surface area (Å²) in [4.78, 5) is 14.9. The Kier molecular flexibility index (Phi) is 5.11. The number of nitrogens with zero attached hydrogens (tertiary/aromatic N) is 1. The van der Waals surface area contributed by atoms with E-state index in [-0.39, 0.29) is 11.3 Å². The summed E-state index contributed by atoms with van der Waals surface area (Å²) in [7, 11) is 0. The highest BCUT2D eigenvalue weighted by molar-refractivity contribution is 5.81. The maximum atomic E-state index is 12.2. The van der Waals surface area contributed by atoms with Gasteiger partial charge in [-0.3, -0.25) is 9.69 Å². The molecule has 1 heterocycles. The summed E-state index contributed by atoms with van der Waals surface area (Å²) in [6.07, 6.45) is 7.82. The van der Waals surface area contributed by atoms with Crippen molar-refractivity contribution in [3.05, 3.63) is 0 Å². The monoisotopic (exact) mass is 280 g/mol. The van der Waals surface area contributed by atoms with Crippen molar-refractivity contribution in [3.8, 4) is 0 Å². The molecular weight excluding hydrogens is 248 g/mol. The fraction of sp³-hybridized carbons (Fsp3) is 0.941.